The van der Waals surface area contributed by atoms with Crippen LogP contribution in [0, 0.1) is 0 Å². The molecular weight excluding hydrogens is 418 g/mol. The number of hydrogen-bond acceptors (Lipinski definition) is 8. The lowest BCUT2D eigenvalue weighted by Gasteiger charge is -2.22. The van der Waals surface area contributed by atoms with Crippen LogP contribution in [0.5, 0.6) is 5.75 Å². The van der Waals surface area contributed by atoms with E-state index < -0.39 is 0 Å². The monoisotopic (exact) mass is 443 g/mol. The van der Waals surface area contributed by atoms with E-state index in [4.69, 9.17) is 9.72 Å². The lowest BCUT2D eigenvalue weighted by Crippen LogP contribution is -2.24. The average Bonchev–Trinajstić information content (AvgIpc) is 3.02. The van der Waals surface area contributed by atoms with Gasteiger partial charge in [-0.1, -0.05) is 55.0 Å². The molecule has 3 heterocycles. The first-order valence-corrected chi connectivity index (χ1v) is 12.1. The topological polar surface area (TPSA) is 80.2 Å². The summed E-state index contributed by atoms with van der Waals surface area (Å²) < 4.78 is 6.67. The predicted molar refractivity (Wildman–Crippen MR) is 123 cm³/mol. The predicted octanol–water partition coefficient (Wildman–Crippen LogP) is 4.60. The van der Waals surface area contributed by atoms with Crippen molar-refractivity contribution in [3.63, 3.8) is 0 Å². The van der Waals surface area contributed by atoms with Crippen molar-refractivity contribution in [3.05, 3.63) is 30.3 Å². The standard InChI is InChI=1S/C21H25N5O2S2/c1-2-29-21-25-24-20(30-21)23-18(27)14-28-16-9-7-8-15-10-11-17(22-19(15)16)26-12-5-3-4-6-13-26/h7-11H,2-6,12-14H2,1H3,(H,23,24,27). The van der Waals surface area contributed by atoms with E-state index in [1.54, 1.807) is 11.8 Å². The van der Waals surface area contributed by atoms with Crippen LogP contribution in [0.2, 0.25) is 0 Å². The number of pyridine rings is 1. The van der Waals surface area contributed by atoms with E-state index in [0.29, 0.717) is 10.9 Å². The van der Waals surface area contributed by atoms with Crippen molar-refractivity contribution in [3.8, 4) is 5.75 Å². The summed E-state index contributed by atoms with van der Waals surface area (Å²) in [5, 5.41) is 12.3. The van der Waals surface area contributed by atoms with E-state index in [-0.39, 0.29) is 12.5 Å². The van der Waals surface area contributed by atoms with Crippen LogP contribution in [0.1, 0.15) is 32.6 Å². The quantitative estimate of drug-likeness (QED) is 0.422. The summed E-state index contributed by atoms with van der Waals surface area (Å²) in [5.41, 5.74) is 0.782. The van der Waals surface area contributed by atoms with Crippen LogP contribution < -0.4 is 15.0 Å². The summed E-state index contributed by atoms with van der Waals surface area (Å²) in [7, 11) is 0. The number of thioether (sulfide) groups is 1. The third-order valence-corrected chi connectivity index (χ3v) is 6.73. The van der Waals surface area contributed by atoms with Gasteiger partial charge >= 0.3 is 0 Å². The first-order valence-electron chi connectivity index (χ1n) is 10.3. The minimum Gasteiger partial charge on any atom is -0.481 e. The van der Waals surface area contributed by atoms with Gasteiger partial charge in [-0.3, -0.25) is 10.1 Å². The Balaban J connectivity index is 1.44. The molecule has 1 amide bonds. The summed E-state index contributed by atoms with van der Waals surface area (Å²) in [6, 6.07) is 9.93. The highest BCUT2D eigenvalue weighted by molar-refractivity contribution is 8.01. The number of anilines is 2. The second-order valence-corrected chi connectivity index (χ2v) is 9.53. The molecule has 1 saturated heterocycles. The Morgan fingerprint density at radius 3 is 2.80 bits per heavy atom. The number of hydrogen-bond donors (Lipinski definition) is 1. The molecule has 158 valence electrons. The molecule has 3 aromatic rings. The zero-order valence-corrected chi connectivity index (χ0v) is 18.6. The smallest absolute Gasteiger partial charge is 0.264 e. The van der Waals surface area contributed by atoms with E-state index >= 15 is 0 Å². The Bertz CT molecular complexity index is 1000. The molecule has 7 nitrogen and oxygen atoms in total. The van der Waals surface area contributed by atoms with Gasteiger partial charge in [0.15, 0.2) is 10.9 Å². The Labute approximate surface area is 184 Å². The number of nitrogens with one attached hydrogen (secondary N) is 1. The second kappa shape index (κ2) is 10.1. The van der Waals surface area contributed by atoms with E-state index in [9.17, 15) is 4.79 Å². The summed E-state index contributed by atoms with van der Waals surface area (Å²) in [5.74, 6) is 2.23. The van der Waals surface area contributed by atoms with Gasteiger partial charge in [0.2, 0.25) is 5.13 Å². The van der Waals surface area contributed by atoms with Gasteiger partial charge in [-0.05, 0) is 36.8 Å². The molecule has 0 unspecified atom stereocenters. The van der Waals surface area contributed by atoms with Gasteiger partial charge in [0, 0.05) is 18.5 Å². The number of carbonyl (C=O) groups is 1. The van der Waals surface area contributed by atoms with Crippen molar-refractivity contribution in [2.24, 2.45) is 0 Å². The van der Waals surface area contributed by atoms with Crippen LogP contribution in [0.15, 0.2) is 34.7 Å². The number of carbonyl (C=O) groups excluding carboxylic acids is 1. The van der Waals surface area contributed by atoms with Crippen LogP contribution in [-0.4, -0.2) is 46.5 Å². The van der Waals surface area contributed by atoms with Gasteiger partial charge in [0.25, 0.3) is 5.91 Å². The first-order chi connectivity index (χ1) is 14.7. The molecule has 0 atom stereocenters. The van der Waals surface area contributed by atoms with Crippen LogP contribution in [-0.2, 0) is 4.79 Å². The molecule has 2 aromatic heterocycles. The maximum Gasteiger partial charge on any atom is 0.264 e. The number of benzene rings is 1. The lowest BCUT2D eigenvalue weighted by atomic mass is 10.2. The molecule has 1 aliphatic rings. The van der Waals surface area contributed by atoms with Crippen LogP contribution in [0.4, 0.5) is 10.9 Å². The Morgan fingerprint density at radius 2 is 2.00 bits per heavy atom. The molecule has 1 fully saturated rings. The zero-order chi connectivity index (χ0) is 20.8. The molecule has 9 heteroatoms. The van der Waals surface area contributed by atoms with Gasteiger partial charge in [0.05, 0.1) is 0 Å². The molecule has 30 heavy (non-hydrogen) atoms. The van der Waals surface area contributed by atoms with Crippen LogP contribution >= 0.6 is 23.1 Å². The fourth-order valence-corrected chi connectivity index (χ4v) is 5.11. The summed E-state index contributed by atoms with van der Waals surface area (Å²) >= 11 is 2.96. The lowest BCUT2D eigenvalue weighted by molar-refractivity contribution is -0.118. The maximum atomic E-state index is 12.3. The minimum absolute atomic E-state index is 0.107. The highest BCUT2D eigenvalue weighted by Crippen LogP contribution is 2.28. The van der Waals surface area contributed by atoms with Crippen molar-refractivity contribution >= 4 is 50.9 Å². The average molecular weight is 444 g/mol. The highest BCUT2D eigenvalue weighted by atomic mass is 32.2. The summed E-state index contributed by atoms with van der Waals surface area (Å²) in [6.07, 6.45) is 4.95. The molecular formula is C21H25N5O2S2. The zero-order valence-electron chi connectivity index (χ0n) is 17.0. The fourth-order valence-electron chi connectivity index (χ4n) is 3.44. The first kappa shape index (κ1) is 20.9. The largest absolute Gasteiger partial charge is 0.481 e. The van der Waals surface area contributed by atoms with Gasteiger partial charge < -0.3 is 9.64 Å². The van der Waals surface area contributed by atoms with Gasteiger partial charge in [-0.15, -0.1) is 10.2 Å². The molecule has 0 bridgehead atoms. The number of para-hydroxylation sites is 1. The normalized spacial score (nSPS) is 14.5. The van der Waals surface area contributed by atoms with E-state index in [0.717, 1.165) is 39.9 Å². The Kier molecular flexibility index (Phi) is 7.01. The number of fused-ring (bicyclic) bond motifs is 1. The number of nitrogens with zero attached hydrogens (tertiary/aromatic N) is 4. The maximum absolute atomic E-state index is 12.3. The van der Waals surface area contributed by atoms with Crippen molar-refractivity contribution in [2.75, 3.05) is 35.7 Å². The Hall–Kier alpha value is -2.39. The molecule has 4 rings (SSSR count). The summed E-state index contributed by atoms with van der Waals surface area (Å²) in [4.78, 5) is 19.5. The molecule has 1 aromatic carbocycles. The summed E-state index contributed by atoms with van der Waals surface area (Å²) in [6.45, 7) is 4.01. The number of rotatable bonds is 7. The van der Waals surface area contributed by atoms with Crippen molar-refractivity contribution in [2.45, 2.75) is 36.9 Å². The number of amides is 1. The van der Waals surface area contributed by atoms with Gasteiger partial charge in [-0.25, -0.2) is 4.98 Å². The minimum atomic E-state index is -0.264. The van der Waals surface area contributed by atoms with Crippen LogP contribution in [0.25, 0.3) is 10.9 Å². The number of aromatic nitrogens is 3. The Morgan fingerprint density at radius 1 is 1.17 bits per heavy atom. The third kappa shape index (κ3) is 5.20. The second-order valence-electron chi connectivity index (χ2n) is 7.04. The molecule has 1 N–H and O–H groups in total. The highest BCUT2D eigenvalue weighted by Gasteiger charge is 2.14. The molecule has 0 aliphatic carbocycles. The van der Waals surface area contributed by atoms with Crippen molar-refractivity contribution in [1.29, 1.82) is 0 Å². The van der Waals surface area contributed by atoms with E-state index in [1.807, 2.05) is 18.2 Å². The molecule has 0 spiro atoms. The van der Waals surface area contributed by atoms with Crippen molar-refractivity contribution in [1.82, 2.24) is 15.2 Å². The van der Waals surface area contributed by atoms with Crippen molar-refractivity contribution < 1.29 is 9.53 Å². The molecule has 0 radical (unpaired) electrons. The number of ether oxygens (including phenoxy) is 1. The van der Waals surface area contributed by atoms with Crippen LogP contribution in [0.3, 0.4) is 0 Å². The van der Waals surface area contributed by atoms with E-state index in [1.165, 1.54) is 37.0 Å². The third-order valence-electron chi connectivity index (χ3n) is 4.88. The molecule has 1 aliphatic heterocycles. The fraction of sp³-hybridized carbons (Fsp3) is 0.429. The van der Waals surface area contributed by atoms with Gasteiger partial charge in [-0.2, -0.15) is 0 Å². The van der Waals surface area contributed by atoms with Gasteiger partial charge in [0.1, 0.15) is 17.1 Å². The van der Waals surface area contributed by atoms with E-state index in [2.05, 4.69) is 39.5 Å². The molecule has 0 saturated carbocycles. The SMILES string of the molecule is CCSc1nnc(NC(=O)COc2cccc3ccc(N4CCCCCC4)nc23)s1.